The summed E-state index contributed by atoms with van der Waals surface area (Å²) in [4.78, 5) is 19.2. The lowest BCUT2D eigenvalue weighted by Gasteiger charge is -2.18. The second-order valence-corrected chi connectivity index (χ2v) is 5.02. The van der Waals surface area contributed by atoms with Crippen LogP contribution < -0.4 is 5.73 Å². The molecule has 2 N–H and O–H groups in total. The third-order valence-corrected chi connectivity index (χ3v) is 2.14. The van der Waals surface area contributed by atoms with Gasteiger partial charge in [-0.3, -0.25) is 9.79 Å². The molecule has 0 saturated carbocycles. The molecule has 0 amide bonds. The van der Waals surface area contributed by atoms with Crippen molar-refractivity contribution in [3.8, 4) is 0 Å². The van der Waals surface area contributed by atoms with Crippen molar-refractivity contribution in [1.29, 1.82) is 0 Å². The highest BCUT2D eigenvalue weighted by Gasteiger charge is 2.15. The SMILES string of the molecule is CC(C)(C)OC(=O)CN=Cc1c(N)ccnc1Cl. The molecular formula is C12H16ClN3O2. The van der Waals surface area contributed by atoms with Gasteiger partial charge >= 0.3 is 5.97 Å². The van der Waals surface area contributed by atoms with E-state index in [9.17, 15) is 4.79 Å². The zero-order valence-corrected chi connectivity index (χ0v) is 11.4. The minimum atomic E-state index is -0.516. The predicted molar refractivity (Wildman–Crippen MR) is 72.0 cm³/mol. The Bertz CT molecular complexity index is 447. The minimum absolute atomic E-state index is 0.0814. The number of esters is 1. The van der Waals surface area contributed by atoms with E-state index < -0.39 is 11.6 Å². The molecule has 18 heavy (non-hydrogen) atoms. The first-order chi connectivity index (χ1) is 8.29. The number of hydrogen-bond acceptors (Lipinski definition) is 5. The van der Waals surface area contributed by atoms with Crippen LogP contribution >= 0.6 is 11.6 Å². The molecule has 0 aliphatic heterocycles. The molecule has 1 heterocycles. The Morgan fingerprint density at radius 1 is 1.61 bits per heavy atom. The fourth-order valence-corrected chi connectivity index (χ4v) is 1.39. The van der Waals surface area contributed by atoms with Crippen LogP contribution in [0.1, 0.15) is 26.3 Å². The summed E-state index contributed by atoms with van der Waals surface area (Å²) in [5, 5.41) is 0.253. The molecule has 1 rings (SSSR count). The van der Waals surface area contributed by atoms with E-state index in [1.807, 2.05) is 0 Å². The smallest absolute Gasteiger partial charge is 0.328 e. The molecule has 0 radical (unpaired) electrons. The molecule has 0 fully saturated rings. The molecule has 5 nitrogen and oxygen atoms in total. The van der Waals surface area contributed by atoms with E-state index in [-0.39, 0.29) is 11.7 Å². The maximum atomic E-state index is 11.4. The average molecular weight is 270 g/mol. The van der Waals surface area contributed by atoms with Gasteiger partial charge in [0.25, 0.3) is 0 Å². The van der Waals surface area contributed by atoms with Gasteiger partial charge in [0, 0.05) is 18.1 Å². The Balaban J connectivity index is 2.63. The lowest BCUT2D eigenvalue weighted by Crippen LogP contribution is -2.25. The van der Waals surface area contributed by atoms with E-state index in [4.69, 9.17) is 22.1 Å². The van der Waals surface area contributed by atoms with E-state index >= 15 is 0 Å². The highest BCUT2D eigenvalue weighted by Crippen LogP contribution is 2.16. The monoisotopic (exact) mass is 269 g/mol. The molecule has 0 aromatic carbocycles. The van der Waals surface area contributed by atoms with Gasteiger partial charge < -0.3 is 10.5 Å². The largest absolute Gasteiger partial charge is 0.459 e. The van der Waals surface area contributed by atoms with E-state index in [0.717, 1.165) is 0 Å². The number of hydrogen-bond donors (Lipinski definition) is 1. The number of carbonyl (C=O) groups excluding carboxylic acids is 1. The van der Waals surface area contributed by atoms with Gasteiger partial charge in [-0.1, -0.05) is 11.6 Å². The van der Waals surface area contributed by atoms with E-state index in [0.29, 0.717) is 11.3 Å². The first-order valence-corrected chi connectivity index (χ1v) is 5.79. The maximum Gasteiger partial charge on any atom is 0.328 e. The van der Waals surface area contributed by atoms with Crippen LogP contribution in [-0.4, -0.2) is 29.3 Å². The van der Waals surface area contributed by atoms with Crippen molar-refractivity contribution in [2.24, 2.45) is 4.99 Å². The molecule has 0 atom stereocenters. The summed E-state index contributed by atoms with van der Waals surface area (Å²) in [6.07, 6.45) is 2.93. The van der Waals surface area contributed by atoms with Crippen LogP contribution in [0, 0.1) is 0 Å². The Hall–Kier alpha value is -1.62. The fourth-order valence-electron chi connectivity index (χ4n) is 1.17. The van der Waals surface area contributed by atoms with Crippen molar-refractivity contribution >= 4 is 29.5 Å². The summed E-state index contributed by atoms with van der Waals surface area (Å²) in [6, 6.07) is 1.61. The van der Waals surface area contributed by atoms with Gasteiger partial charge in [-0.05, 0) is 26.8 Å². The average Bonchev–Trinajstić information content (AvgIpc) is 2.19. The van der Waals surface area contributed by atoms with Gasteiger partial charge in [0.15, 0.2) is 0 Å². The van der Waals surface area contributed by atoms with Crippen LogP contribution in [0.2, 0.25) is 5.15 Å². The summed E-state index contributed by atoms with van der Waals surface area (Å²) in [7, 11) is 0. The Morgan fingerprint density at radius 2 is 2.28 bits per heavy atom. The lowest BCUT2D eigenvalue weighted by molar-refractivity contribution is -0.152. The molecule has 0 spiro atoms. The van der Waals surface area contributed by atoms with Crippen molar-refractivity contribution in [2.45, 2.75) is 26.4 Å². The minimum Gasteiger partial charge on any atom is -0.459 e. The normalized spacial score (nSPS) is 11.8. The van der Waals surface area contributed by atoms with Gasteiger partial charge in [-0.15, -0.1) is 0 Å². The molecule has 1 aromatic heterocycles. The van der Waals surface area contributed by atoms with Crippen molar-refractivity contribution in [3.63, 3.8) is 0 Å². The highest BCUT2D eigenvalue weighted by atomic mass is 35.5. The molecule has 1 aromatic rings. The fraction of sp³-hybridized carbons (Fsp3) is 0.417. The highest BCUT2D eigenvalue weighted by molar-refractivity contribution is 6.32. The van der Waals surface area contributed by atoms with Crippen LogP contribution in [-0.2, 0) is 9.53 Å². The number of rotatable bonds is 3. The van der Waals surface area contributed by atoms with Gasteiger partial charge in [0.1, 0.15) is 17.3 Å². The number of aliphatic imine (C=N–C) groups is 1. The summed E-state index contributed by atoms with van der Waals surface area (Å²) >= 11 is 5.85. The van der Waals surface area contributed by atoms with Crippen LogP contribution in [0.4, 0.5) is 5.69 Å². The lowest BCUT2D eigenvalue weighted by atomic mass is 10.2. The number of aromatic nitrogens is 1. The van der Waals surface area contributed by atoms with Gasteiger partial charge in [-0.25, -0.2) is 4.98 Å². The zero-order valence-electron chi connectivity index (χ0n) is 10.6. The first-order valence-electron chi connectivity index (χ1n) is 5.41. The second-order valence-electron chi connectivity index (χ2n) is 4.66. The zero-order chi connectivity index (χ0) is 13.8. The number of nitrogen functional groups attached to an aromatic ring is 1. The second kappa shape index (κ2) is 5.82. The molecule has 98 valence electrons. The number of carbonyl (C=O) groups is 1. The van der Waals surface area contributed by atoms with Crippen molar-refractivity contribution in [1.82, 2.24) is 4.98 Å². The number of anilines is 1. The van der Waals surface area contributed by atoms with E-state index in [2.05, 4.69) is 9.98 Å². The van der Waals surface area contributed by atoms with Crippen molar-refractivity contribution in [2.75, 3.05) is 12.3 Å². The molecule has 6 heteroatoms. The Kier molecular flexibility index (Phi) is 4.67. The van der Waals surface area contributed by atoms with E-state index in [1.54, 1.807) is 26.8 Å². The van der Waals surface area contributed by atoms with Crippen molar-refractivity contribution in [3.05, 3.63) is 23.0 Å². The molecule has 0 aliphatic rings. The van der Waals surface area contributed by atoms with Crippen molar-refractivity contribution < 1.29 is 9.53 Å². The number of ether oxygens (including phenoxy) is 1. The molecular weight excluding hydrogens is 254 g/mol. The van der Waals surface area contributed by atoms with E-state index in [1.165, 1.54) is 12.4 Å². The van der Waals surface area contributed by atoms with Crippen LogP contribution in [0.3, 0.4) is 0 Å². The maximum absolute atomic E-state index is 11.4. The summed E-state index contributed by atoms with van der Waals surface area (Å²) in [5.41, 5.74) is 6.16. The van der Waals surface area contributed by atoms with Crippen LogP contribution in [0.15, 0.2) is 17.3 Å². The standard InChI is InChI=1S/C12H16ClN3O2/c1-12(2,3)18-10(17)7-15-6-8-9(14)4-5-16-11(8)13/h4-6H,7H2,1-3H3,(H2,14,16). The van der Waals surface area contributed by atoms with Crippen LogP contribution in [0.25, 0.3) is 0 Å². The molecule has 0 unspecified atom stereocenters. The predicted octanol–water partition coefficient (Wildman–Crippen LogP) is 2.08. The Labute approximate surface area is 111 Å². The summed E-state index contributed by atoms with van der Waals surface area (Å²) in [5.74, 6) is -0.405. The summed E-state index contributed by atoms with van der Waals surface area (Å²) < 4.78 is 5.10. The third kappa shape index (κ3) is 4.71. The summed E-state index contributed by atoms with van der Waals surface area (Å²) in [6.45, 7) is 5.31. The number of pyridine rings is 1. The number of nitrogens with zero attached hydrogens (tertiary/aromatic N) is 2. The topological polar surface area (TPSA) is 77.6 Å². The third-order valence-electron chi connectivity index (χ3n) is 1.84. The van der Waals surface area contributed by atoms with Gasteiger partial charge in [0.2, 0.25) is 0 Å². The van der Waals surface area contributed by atoms with Gasteiger partial charge in [-0.2, -0.15) is 0 Å². The van der Waals surface area contributed by atoms with Gasteiger partial charge in [0.05, 0.1) is 5.56 Å². The quantitative estimate of drug-likeness (QED) is 0.518. The molecule has 0 saturated heterocycles. The first kappa shape index (κ1) is 14.4. The molecule has 0 aliphatic carbocycles. The number of halogens is 1. The van der Waals surface area contributed by atoms with Crippen LogP contribution in [0.5, 0.6) is 0 Å². The number of nitrogens with two attached hydrogens (primary N) is 1. The molecule has 0 bridgehead atoms. The Morgan fingerprint density at radius 3 is 2.83 bits per heavy atom.